The summed E-state index contributed by atoms with van der Waals surface area (Å²) < 4.78 is 24.8. The van der Waals surface area contributed by atoms with E-state index in [2.05, 4.69) is 5.32 Å². The summed E-state index contributed by atoms with van der Waals surface area (Å²) in [4.78, 5) is 32.8. The van der Waals surface area contributed by atoms with Crippen molar-refractivity contribution in [1.29, 1.82) is 0 Å². The van der Waals surface area contributed by atoms with E-state index in [1.54, 1.807) is 12.1 Å². The fourth-order valence-corrected chi connectivity index (χ4v) is 4.25. The number of sulfone groups is 1. The molecule has 0 saturated carbocycles. The summed E-state index contributed by atoms with van der Waals surface area (Å²) in [7, 11) is -3.94. The number of nitrogens with one attached hydrogen (secondary N) is 1. The van der Waals surface area contributed by atoms with Crippen molar-refractivity contribution in [3.63, 3.8) is 0 Å². The Morgan fingerprint density at radius 3 is 2.41 bits per heavy atom. The molecule has 0 unspecified atom stereocenters. The summed E-state index contributed by atoms with van der Waals surface area (Å²) in [5.74, 6) is -4.28. The van der Waals surface area contributed by atoms with Gasteiger partial charge in [-0.25, -0.2) is 18.0 Å². The normalized spacial score (nSPS) is 12.2. The molecule has 3 N–H and O–H groups in total. The minimum absolute atomic E-state index is 0.314. The molecular formula is C17H15ClN2O8S. The zero-order valence-corrected chi connectivity index (χ0v) is 16.2. The molecule has 0 heterocycles. The number of carboxylic acids is 2. The Hall–Kier alpha value is -3.18. The molecule has 10 nitrogen and oxygen atoms in total. The van der Waals surface area contributed by atoms with Gasteiger partial charge < -0.3 is 15.5 Å². The van der Waals surface area contributed by atoms with Crippen molar-refractivity contribution in [2.24, 2.45) is 0 Å². The summed E-state index contributed by atoms with van der Waals surface area (Å²) in [6.45, 7) is 0. The second-order valence-electron chi connectivity index (χ2n) is 6.01. The number of benzene rings is 2. The number of nitro groups is 1. The zero-order valence-electron chi connectivity index (χ0n) is 14.6. The molecule has 29 heavy (non-hydrogen) atoms. The average Bonchev–Trinajstić information content (AvgIpc) is 2.60. The first-order valence-electron chi connectivity index (χ1n) is 7.94. The van der Waals surface area contributed by atoms with Crippen molar-refractivity contribution in [3.05, 3.63) is 68.7 Å². The molecule has 0 aliphatic rings. The van der Waals surface area contributed by atoms with E-state index in [-0.39, 0.29) is 11.3 Å². The second kappa shape index (κ2) is 8.88. The van der Waals surface area contributed by atoms with Crippen LogP contribution in [0.25, 0.3) is 0 Å². The molecule has 0 aromatic heterocycles. The maximum absolute atomic E-state index is 12.4. The number of carboxylic acid groups (broad SMARTS) is 2. The minimum atomic E-state index is -3.94. The van der Waals surface area contributed by atoms with E-state index in [1.807, 2.05) is 0 Å². The maximum Gasteiger partial charge on any atom is 0.335 e. The molecule has 1 atom stereocenters. The third-order valence-electron chi connectivity index (χ3n) is 3.77. The fraction of sp³-hybridized carbons (Fsp3) is 0.176. The lowest BCUT2D eigenvalue weighted by atomic mass is 10.1. The van der Waals surface area contributed by atoms with E-state index >= 15 is 0 Å². The van der Waals surface area contributed by atoms with Crippen LogP contribution < -0.4 is 5.32 Å². The van der Waals surface area contributed by atoms with Crippen LogP contribution in [0.15, 0.2) is 42.5 Å². The van der Waals surface area contributed by atoms with E-state index in [9.17, 15) is 33.2 Å². The van der Waals surface area contributed by atoms with Gasteiger partial charge in [-0.05, 0) is 29.8 Å². The molecular weight excluding hydrogens is 428 g/mol. The highest BCUT2D eigenvalue weighted by Crippen LogP contribution is 2.27. The molecule has 0 aliphatic carbocycles. The number of hydrogen-bond donors (Lipinski definition) is 3. The molecule has 0 fully saturated rings. The summed E-state index contributed by atoms with van der Waals surface area (Å²) in [5.41, 5.74) is -1.02. The highest BCUT2D eigenvalue weighted by molar-refractivity contribution is 7.90. The van der Waals surface area contributed by atoms with Crippen molar-refractivity contribution < 1.29 is 33.1 Å². The van der Waals surface area contributed by atoms with Crippen LogP contribution in [0.3, 0.4) is 0 Å². The van der Waals surface area contributed by atoms with E-state index in [1.165, 1.54) is 12.1 Å². The monoisotopic (exact) mass is 442 g/mol. The van der Waals surface area contributed by atoms with Gasteiger partial charge in [0.2, 0.25) is 0 Å². The van der Waals surface area contributed by atoms with Crippen molar-refractivity contribution in [1.82, 2.24) is 0 Å². The Kier molecular flexibility index (Phi) is 6.77. The van der Waals surface area contributed by atoms with Gasteiger partial charge in [0.25, 0.3) is 5.69 Å². The number of aliphatic carboxylic acids is 1. The topological polar surface area (TPSA) is 164 Å². The van der Waals surface area contributed by atoms with Gasteiger partial charge in [-0.3, -0.25) is 10.1 Å². The van der Waals surface area contributed by atoms with Crippen LogP contribution in [-0.2, 0) is 20.4 Å². The lowest BCUT2D eigenvalue weighted by Gasteiger charge is -2.16. The molecule has 0 spiro atoms. The molecule has 154 valence electrons. The largest absolute Gasteiger partial charge is 0.480 e. The number of anilines is 1. The second-order valence-corrected chi connectivity index (χ2v) is 8.56. The van der Waals surface area contributed by atoms with E-state index in [0.717, 1.165) is 18.2 Å². The van der Waals surface area contributed by atoms with E-state index in [4.69, 9.17) is 16.7 Å². The van der Waals surface area contributed by atoms with Gasteiger partial charge in [0, 0.05) is 11.1 Å². The van der Waals surface area contributed by atoms with Gasteiger partial charge in [0.05, 0.1) is 22.0 Å². The number of carbonyl (C=O) groups is 2. The first-order valence-corrected chi connectivity index (χ1v) is 10.1. The predicted octanol–water partition coefficient (Wildman–Crippen LogP) is 2.43. The van der Waals surface area contributed by atoms with E-state index in [0.29, 0.717) is 10.6 Å². The van der Waals surface area contributed by atoms with Crippen molar-refractivity contribution in [2.45, 2.75) is 11.8 Å². The average molecular weight is 443 g/mol. The van der Waals surface area contributed by atoms with Gasteiger partial charge >= 0.3 is 11.9 Å². The van der Waals surface area contributed by atoms with Crippen LogP contribution in [0.4, 0.5) is 11.4 Å². The highest BCUT2D eigenvalue weighted by atomic mass is 35.5. The molecule has 0 saturated heterocycles. The lowest BCUT2D eigenvalue weighted by Crippen LogP contribution is -2.37. The van der Waals surface area contributed by atoms with Gasteiger partial charge in [0.1, 0.15) is 11.7 Å². The number of nitrogens with zero attached hydrogens (tertiary/aromatic N) is 1. The van der Waals surface area contributed by atoms with Gasteiger partial charge in [-0.15, -0.1) is 0 Å². The summed E-state index contributed by atoms with van der Waals surface area (Å²) in [6, 6.07) is 7.16. The number of nitro benzene ring substituents is 1. The number of aromatic carboxylic acids is 1. The molecule has 0 radical (unpaired) electrons. The Bertz CT molecular complexity index is 1070. The summed E-state index contributed by atoms with van der Waals surface area (Å²) >= 11 is 5.81. The molecule has 2 aromatic carbocycles. The lowest BCUT2D eigenvalue weighted by molar-refractivity contribution is -0.384. The number of halogens is 1. The van der Waals surface area contributed by atoms with Crippen LogP contribution in [0.2, 0.25) is 5.02 Å². The maximum atomic E-state index is 12.4. The quantitative estimate of drug-likeness (QED) is 0.390. The van der Waals surface area contributed by atoms with Crippen LogP contribution in [0.5, 0.6) is 0 Å². The molecule has 0 amide bonds. The van der Waals surface area contributed by atoms with E-state index < -0.39 is 49.9 Å². The number of rotatable bonds is 9. The third kappa shape index (κ3) is 6.16. The van der Waals surface area contributed by atoms with Crippen molar-refractivity contribution in [2.75, 3.05) is 11.1 Å². The fourth-order valence-electron chi connectivity index (χ4n) is 2.49. The summed E-state index contributed by atoms with van der Waals surface area (Å²) in [6.07, 6.45) is 0. The van der Waals surface area contributed by atoms with Gasteiger partial charge in [-0.1, -0.05) is 23.7 Å². The minimum Gasteiger partial charge on any atom is -0.480 e. The van der Waals surface area contributed by atoms with Crippen LogP contribution in [-0.4, -0.2) is 47.3 Å². The van der Waals surface area contributed by atoms with Gasteiger partial charge in [-0.2, -0.15) is 0 Å². The standard InChI is InChI=1S/C17H15ClN2O8S/c18-12-3-1-2-10(6-12)8-29(27,28)9-14(17(23)24)19-13-5-4-11(16(21)22)7-15(13)20(25)26/h1-7,14,19H,8-9H2,(H,21,22)(H,23,24)/t14-/m1/s1. The van der Waals surface area contributed by atoms with Crippen LogP contribution in [0.1, 0.15) is 15.9 Å². The first-order chi connectivity index (χ1) is 13.5. The Balaban J connectivity index is 2.27. The molecule has 2 aromatic rings. The van der Waals surface area contributed by atoms with Crippen molar-refractivity contribution in [3.8, 4) is 0 Å². The first kappa shape index (κ1) is 22.1. The zero-order chi connectivity index (χ0) is 21.8. The summed E-state index contributed by atoms with van der Waals surface area (Å²) in [5, 5.41) is 32.1. The van der Waals surface area contributed by atoms with Crippen LogP contribution >= 0.6 is 11.6 Å². The Morgan fingerprint density at radius 1 is 1.17 bits per heavy atom. The predicted molar refractivity (Wildman–Crippen MR) is 104 cm³/mol. The Labute approximate surface area is 169 Å². The molecule has 0 bridgehead atoms. The number of hydrogen-bond acceptors (Lipinski definition) is 7. The Morgan fingerprint density at radius 2 is 1.86 bits per heavy atom. The molecule has 2 rings (SSSR count). The smallest absolute Gasteiger partial charge is 0.335 e. The molecule has 0 aliphatic heterocycles. The van der Waals surface area contributed by atoms with Crippen LogP contribution in [0, 0.1) is 10.1 Å². The highest BCUT2D eigenvalue weighted by Gasteiger charge is 2.28. The third-order valence-corrected chi connectivity index (χ3v) is 5.61. The van der Waals surface area contributed by atoms with Crippen molar-refractivity contribution >= 4 is 44.8 Å². The molecule has 12 heteroatoms. The SMILES string of the molecule is O=C(O)c1ccc(N[C@H](CS(=O)(=O)Cc2cccc(Cl)c2)C(=O)O)c([N+](=O)[O-])c1. The van der Waals surface area contributed by atoms with Gasteiger partial charge in [0.15, 0.2) is 9.84 Å².